The number of nitrogens with zero attached hydrogens (tertiary/aromatic N) is 2. The van der Waals surface area contributed by atoms with Gasteiger partial charge in [0.2, 0.25) is 5.89 Å². The van der Waals surface area contributed by atoms with Crippen LogP contribution in [0.3, 0.4) is 0 Å². The van der Waals surface area contributed by atoms with Crippen LogP contribution in [0, 0.1) is 11.7 Å². The van der Waals surface area contributed by atoms with Gasteiger partial charge in [0.15, 0.2) is 5.82 Å². The average Bonchev–Trinajstić information content (AvgIpc) is 2.90. The highest BCUT2D eigenvalue weighted by Crippen LogP contribution is 2.22. The van der Waals surface area contributed by atoms with Gasteiger partial charge in [-0.05, 0) is 37.1 Å². The summed E-state index contributed by atoms with van der Waals surface area (Å²) in [5, 5.41) is 3.93. The van der Waals surface area contributed by atoms with Crippen LogP contribution in [0.15, 0.2) is 33.7 Å². The monoisotopic (exact) mass is 295 g/mol. The van der Waals surface area contributed by atoms with Crippen LogP contribution in [0.5, 0.6) is 0 Å². The molecule has 1 aromatic heterocycles. The van der Waals surface area contributed by atoms with Crippen molar-refractivity contribution in [3.63, 3.8) is 0 Å². The van der Waals surface area contributed by atoms with E-state index in [1.807, 2.05) is 6.07 Å². The number of nitrogens with two attached hydrogens (primary N) is 1. The Bertz CT molecular complexity index is 547. The third-order valence-electron chi connectivity index (χ3n) is 2.93. The molecule has 0 saturated heterocycles. The van der Waals surface area contributed by atoms with Gasteiger partial charge in [-0.1, -0.05) is 18.1 Å². The lowest BCUT2D eigenvalue weighted by Crippen LogP contribution is -2.11. The molecule has 0 spiro atoms. The van der Waals surface area contributed by atoms with Crippen LogP contribution in [-0.4, -0.2) is 16.7 Å². The first-order chi connectivity index (χ1) is 9.67. The zero-order chi connectivity index (χ0) is 14.4. The first-order valence-corrected chi connectivity index (χ1v) is 7.56. The summed E-state index contributed by atoms with van der Waals surface area (Å²) in [6, 6.07) is 6.47. The van der Waals surface area contributed by atoms with E-state index in [0.717, 1.165) is 17.7 Å². The summed E-state index contributed by atoms with van der Waals surface area (Å²) in [5.74, 6) is 2.06. The fourth-order valence-electron chi connectivity index (χ4n) is 1.64. The van der Waals surface area contributed by atoms with E-state index in [9.17, 15) is 4.39 Å². The summed E-state index contributed by atoms with van der Waals surface area (Å²) in [6.45, 7) is 2.76. The second-order valence-corrected chi connectivity index (χ2v) is 5.78. The maximum absolute atomic E-state index is 13.0. The van der Waals surface area contributed by atoms with E-state index in [-0.39, 0.29) is 5.82 Å². The Morgan fingerprint density at radius 2 is 2.30 bits per heavy atom. The molecule has 0 aliphatic carbocycles. The molecule has 2 rings (SSSR count). The molecule has 2 N–H and O–H groups in total. The van der Waals surface area contributed by atoms with Crippen LogP contribution in [0.25, 0.3) is 0 Å². The van der Waals surface area contributed by atoms with Crippen LogP contribution in [0.4, 0.5) is 4.39 Å². The Hall–Kier alpha value is -1.40. The molecular weight excluding hydrogens is 277 g/mol. The van der Waals surface area contributed by atoms with Gasteiger partial charge in [0.25, 0.3) is 0 Å². The summed E-state index contributed by atoms with van der Waals surface area (Å²) >= 11 is 1.48. The molecule has 0 aliphatic heterocycles. The topological polar surface area (TPSA) is 64.9 Å². The number of halogens is 1. The van der Waals surface area contributed by atoms with E-state index in [0.29, 0.717) is 29.9 Å². The maximum Gasteiger partial charge on any atom is 0.226 e. The third-order valence-corrected chi connectivity index (χ3v) is 3.92. The summed E-state index contributed by atoms with van der Waals surface area (Å²) < 4.78 is 18.2. The maximum atomic E-state index is 13.0. The average molecular weight is 295 g/mol. The molecule has 1 atom stereocenters. The van der Waals surface area contributed by atoms with E-state index in [2.05, 4.69) is 17.1 Å². The van der Waals surface area contributed by atoms with Gasteiger partial charge in [0.1, 0.15) is 5.82 Å². The zero-order valence-corrected chi connectivity index (χ0v) is 12.2. The molecular formula is C14H18FN3OS. The van der Waals surface area contributed by atoms with Gasteiger partial charge in [-0.3, -0.25) is 0 Å². The van der Waals surface area contributed by atoms with Crippen LogP contribution in [0.1, 0.15) is 25.1 Å². The molecule has 0 bridgehead atoms. The number of thioether (sulfide) groups is 1. The van der Waals surface area contributed by atoms with Crippen LogP contribution in [-0.2, 0) is 12.2 Å². The largest absolute Gasteiger partial charge is 0.339 e. The predicted octanol–water partition coefficient (Wildman–Crippen LogP) is 3.03. The molecule has 1 heterocycles. The molecule has 0 radical (unpaired) electrons. The number of benzene rings is 1. The molecule has 2 aromatic rings. The van der Waals surface area contributed by atoms with Crippen molar-refractivity contribution in [3.05, 3.63) is 41.8 Å². The quantitative estimate of drug-likeness (QED) is 0.795. The number of rotatable bonds is 7. The fraction of sp³-hybridized carbons (Fsp3) is 0.429. The SMILES string of the molecule is CC(CN)CCc1nc(CSc2cccc(F)c2)no1. The molecule has 0 fully saturated rings. The van der Waals surface area contributed by atoms with Crippen molar-refractivity contribution in [1.82, 2.24) is 10.1 Å². The molecule has 0 aliphatic rings. The lowest BCUT2D eigenvalue weighted by Gasteiger charge is -2.03. The van der Waals surface area contributed by atoms with E-state index in [1.54, 1.807) is 6.07 Å². The molecule has 0 amide bonds. The highest BCUT2D eigenvalue weighted by Gasteiger charge is 2.09. The first-order valence-electron chi connectivity index (χ1n) is 6.57. The normalized spacial score (nSPS) is 12.6. The summed E-state index contributed by atoms with van der Waals surface area (Å²) in [6.07, 6.45) is 1.69. The molecule has 20 heavy (non-hydrogen) atoms. The summed E-state index contributed by atoms with van der Waals surface area (Å²) in [7, 11) is 0. The van der Waals surface area contributed by atoms with Crippen LogP contribution >= 0.6 is 11.8 Å². The Kier molecular flexibility index (Phi) is 5.55. The molecule has 108 valence electrons. The van der Waals surface area contributed by atoms with Crippen molar-refractivity contribution in [2.75, 3.05) is 6.54 Å². The lowest BCUT2D eigenvalue weighted by molar-refractivity contribution is 0.362. The Morgan fingerprint density at radius 1 is 1.45 bits per heavy atom. The highest BCUT2D eigenvalue weighted by atomic mass is 32.2. The van der Waals surface area contributed by atoms with Crippen molar-refractivity contribution >= 4 is 11.8 Å². The first kappa shape index (κ1) is 15.0. The van der Waals surface area contributed by atoms with Gasteiger partial charge in [-0.25, -0.2) is 4.39 Å². The zero-order valence-electron chi connectivity index (χ0n) is 11.4. The smallest absolute Gasteiger partial charge is 0.226 e. The molecule has 1 aromatic carbocycles. The summed E-state index contributed by atoms with van der Waals surface area (Å²) in [4.78, 5) is 5.18. The molecule has 6 heteroatoms. The third kappa shape index (κ3) is 4.61. The van der Waals surface area contributed by atoms with Crippen molar-refractivity contribution in [1.29, 1.82) is 0 Å². The lowest BCUT2D eigenvalue weighted by atomic mass is 10.1. The number of hydrogen-bond acceptors (Lipinski definition) is 5. The standard InChI is InChI=1S/C14H18FN3OS/c1-10(8-16)5-6-14-17-13(18-19-14)9-20-12-4-2-3-11(15)7-12/h2-4,7,10H,5-6,8-9,16H2,1H3. The summed E-state index contributed by atoms with van der Waals surface area (Å²) in [5.41, 5.74) is 5.57. The highest BCUT2D eigenvalue weighted by molar-refractivity contribution is 7.98. The van der Waals surface area contributed by atoms with Crippen molar-refractivity contribution in [2.24, 2.45) is 11.7 Å². The van der Waals surface area contributed by atoms with Gasteiger partial charge in [0.05, 0.1) is 5.75 Å². The number of hydrogen-bond donors (Lipinski definition) is 1. The Balaban J connectivity index is 1.83. The molecule has 4 nitrogen and oxygen atoms in total. The van der Waals surface area contributed by atoms with Gasteiger partial charge < -0.3 is 10.3 Å². The van der Waals surface area contributed by atoms with Gasteiger partial charge >= 0.3 is 0 Å². The molecule has 0 saturated carbocycles. The molecule has 1 unspecified atom stereocenters. The van der Waals surface area contributed by atoms with Crippen molar-refractivity contribution < 1.29 is 8.91 Å². The fourth-order valence-corrected chi connectivity index (χ4v) is 2.43. The van der Waals surface area contributed by atoms with Crippen LogP contribution in [0.2, 0.25) is 0 Å². The van der Waals surface area contributed by atoms with Gasteiger partial charge in [-0.2, -0.15) is 4.98 Å². The second kappa shape index (κ2) is 7.40. The van der Waals surface area contributed by atoms with Crippen molar-refractivity contribution in [2.45, 2.75) is 30.4 Å². The minimum absolute atomic E-state index is 0.237. The minimum atomic E-state index is -0.237. The van der Waals surface area contributed by atoms with E-state index in [1.165, 1.54) is 23.9 Å². The van der Waals surface area contributed by atoms with Crippen molar-refractivity contribution in [3.8, 4) is 0 Å². The Labute approximate surface area is 121 Å². The predicted molar refractivity (Wildman–Crippen MR) is 76.8 cm³/mol. The number of aryl methyl sites for hydroxylation is 1. The van der Waals surface area contributed by atoms with Crippen LogP contribution < -0.4 is 5.73 Å². The Morgan fingerprint density at radius 3 is 3.05 bits per heavy atom. The van der Waals surface area contributed by atoms with E-state index < -0.39 is 0 Å². The van der Waals surface area contributed by atoms with Gasteiger partial charge in [0, 0.05) is 11.3 Å². The second-order valence-electron chi connectivity index (χ2n) is 4.73. The van der Waals surface area contributed by atoms with Gasteiger partial charge in [-0.15, -0.1) is 11.8 Å². The number of aromatic nitrogens is 2. The van der Waals surface area contributed by atoms with E-state index >= 15 is 0 Å². The van der Waals surface area contributed by atoms with E-state index in [4.69, 9.17) is 10.3 Å². The minimum Gasteiger partial charge on any atom is -0.339 e.